The lowest BCUT2D eigenvalue weighted by Crippen LogP contribution is -2.05. The number of aromatic nitrogens is 3. The average Bonchev–Trinajstić information content (AvgIpc) is 2.59. The molecule has 2 aromatic rings. The number of ether oxygens (including phenoxy) is 1. The maximum absolute atomic E-state index is 5.83. The number of nitrogen functional groups attached to an aromatic ring is 1. The summed E-state index contributed by atoms with van der Waals surface area (Å²) in [5.41, 5.74) is 6.43. The van der Waals surface area contributed by atoms with Crippen LogP contribution in [0.2, 0.25) is 0 Å². The molecule has 0 fully saturated rings. The summed E-state index contributed by atoms with van der Waals surface area (Å²) in [6, 6.07) is 5.51. The molecule has 2 N–H and O–H groups in total. The number of benzene rings is 1. The number of hydrogen-bond acceptors (Lipinski definition) is 4. The maximum atomic E-state index is 5.83. The van der Waals surface area contributed by atoms with Gasteiger partial charge in [0.1, 0.15) is 18.2 Å². The highest BCUT2D eigenvalue weighted by Gasteiger charge is 2.07. The van der Waals surface area contributed by atoms with Gasteiger partial charge in [-0.1, -0.05) is 15.9 Å². The molecular weight excluding hydrogens is 284 g/mol. The van der Waals surface area contributed by atoms with Gasteiger partial charge in [-0.3, -0.25) is 0 Å². The number of halogens is 1. The Morgan fingerprint density at radius 3 is 2.76 bits per heavy atom. The van der Waals surface area contributed by atoms with Crippen LogP contribution in [0.25, 0.3) is 0 Å². The third kappa shape index (κ3) is 2.58. The molecule has 0 saturated carbocycles. The van der Waals surface area contributed by atoms with Crippen LogP contribution in [0.1, 0.15) is 11.6 Å². The summed E-state index contributed by atoms with van der Waals surface area (Å²) in [6.45, 7) is 2.24. The van der Waals surface area contributed by atoms with Crippen LogP contribution in [-0.4, -0.2) is 14.8 Å². The number of nitrogens with zero attached hydrogens (tertiary/aromatic N) is 3. The van der Waals surface area contributed by atoms with E-state index in [-0.39, 0.29) is 0 Å². The zero-order valence-corrected chi connectivity index (χ0v) is 11.2. The molecule has 0 aliphatic heterocycles. The SMILES string of the molecule is Cc1nnc(COc2ccc(Br)cc2N)n1C. The minimum atomic E-state index is 0.350. The second-order valence-corrected chi connectivity index (χ2v) is 4.61. The van der Waals surface area contributed by atoms with Gasteiger partial charge in [-0.2, -0.15) is 0 Å². The van der Waals surface area contributed by atoms with E-state index in [0.29, 0.717) is 18.0 Å². The van der Waals surface area contributed by atoms with E-state index >= 15 is 0 Å². The Hall–Kier alpha value is -1.56. The third-order valence-electron chi connectivity index (χ3n) is 2.51. The molecule has 0 aliphatic rings. The van der Waals surface area contributed by atoms with Gasteiger partial charge >= 0.3 is 0 Å². The van der Waals surface area contributed by atoms with Gasteiger partial charge in [0.2, 0.25) is 0 Å². The van der Waals surface area contributed by atoms with Crippen molar-refractivity contribution in [1.29, 1.82) is 0 Å². The molecule has 0 radical (unpaired) electrons. The lowest BCUT2D eigenvalue weighted by Gasteiger charge is -2.08. The smallest absolute Gasteiger partial charge is 0.170 e. The van der Waals surface area contributed by atoms with Crippen LogP contribution in [0.15, 0.2) is 22.7 Å². The summed E-state index contributed by atoms with van der Waals surface area (Å²) < 4.78 is 8.41. The van der Waals surface area contributed by atoms with E-state index in [4.69, 9.17) is 10.5 Å². The standard InChI is InChI=1S/C11H13BrN4O/c1-7-14-15-11(16(7)2)6-17-10-4-3-8(12)5-9(10)13/h3-5H,6,13H2,1-2H3. The zero-order chi connectivity index (χ0) is 12.4. The second-order valence-electron chi connectivity index (χ2n) is 3.69. The van der Waals surface area contributed by atoms with Crippen LogP contribution >= 0.6 is 15.9 Å². The van der Waals surface area contributed by atoms with E-state index in [0.717, 1.165) is 16.1 Å². The molecule has 2 rings (SSSR count). The minimum absolute atomic E-state index is 0.350. The Balaban J connectivity index is 2.10. The second kappa shape index (κ2) is 4.75. The topological polar surface area (TPSA) is 66.0 Å². The summed E-state index contributed by atoms with van der Waals surface area (Å²) >= 11 is 3.35. The van der Waals surface area contributed by atoms with Gasteiger partial charge in [0.15, 0.2) is 5.82 Å². The van der Waals surface area contributed by atoms with E-state index in [1.54, 1.807) is 6.07 Å². The average molecular weight is 297 g/mol. The fourth-order valence-electron chi connectivity index (χ4n) is 1.37. The normalized spacial score (nSPS) is 10.5. The molecule has 1 aromatic carbocycles. The van der Waals surface area contributed by atoms with Crippen molar-refractivity contribution in [3.05, 3.63) is 34.3 Å². The molecular formula is C11H13BrN4O. The first-order valence-electron chi connectivity index (χ1n) is 5.10. The molecule has 0 spiro atoms. The van der Waals surface area contributed by atoms with Crippen LogP contribution in [0.5, 0.6) is 5.75 Å². The number of nitrogens with two attached hydrogens (primary N) is 1. The van der Waals surface area contributed by atoms with Crippen LogP contribution in [0.4, 0.5) is 5.69 Å². The Bertz CT molecular complexity index is 538. The zero-order valence-electron chi connectivity index (χ0n) is 9.64. The molecule has 6 heteroatoms. The Kier molecular flexibility index (Phi) is 3.33. The molecule has 0 unspecified atom stereocenters. The lowest BCUT2D eigenvalue weighted by molar-refractivity contribution is 0.292. The molecule has 0 bridgehead atoms. The van der Waals surface area contributed by atoms with Gasteiger partial charge in [0.05, 0.1) is 5.69 Å². The molecule has 1 aromatic heterocycles. The minimum Gasteiger partial charge on any atom is -0.483 e. The first kappa shape index (κ1) is 11.9. The van der Waals surface area contributed by atoms with Crippen molar-refractivity contribution in [2.75, 3.05) is 5.73 Å². The van der Waals surface area contributed by atoms with Crippen molar-refractivity contribution in [3.63, 3.8) is 0 Å². The molecule has 90 valence electrons. The van der Waals surface area contributed by atoms with E-state index < -0.39 is 0 Å². The highest BCUT2D eigenvalue weighted by Crippen LogP contribution is 2.25. The van der Waals surface area contributed by atoms with Crippen LogP contribution < -0.4 is 10.5 Å². The predicted molar refractivity (Wildman–Crippen MR) is 68.6 cm³/mol. The van der Waals surface area contributed by atoms with E-state index in [1.165, 1.54) is 0 Å². The molecule has 0 saturated heterocycles. The molecule has 17 heavy (non-hydrogen) atoms. The number of anilines is 1. The number of rotatable bonds is 3. The van der Waals surface area contributed by atoms with E-state index in [1.807, 2.05) is 30.7 Å². The van der Waals surface area contributed by atoms with Crippen molar-refractivity contribution >= 4 is 21.6 Å². The molecule has 0 aliphatic carbocycles. The van der Waals surface area contributed by atoms with E-state index in [9.17, 15) is 0 Å². The van der Waals surface area contributed by atoms with Crippen molar-refractivity contribution in [2.45, 2.75) is 13.5 Å². The summed E-state index contributed by atoms with van der Waals surface area (Å²) in [7, 11) is 1.90. The van der Waals surface area contributed by atoms with Crippen LogP contribution in [0, 0.1) is 6.92 Å². The summed E-state index contributed by atoms with van der Waals surface area (Å²) in [4.78, 5) is 0. The molecule has 5 nitrogen and oxygen atoms in total. The fraction of sp³-hybridized carbons (Fsp3) is 0.273. The molecule has 1 heterocycles. The molecule has 0 atom stereocenters. The van der Waals surface area contributed by atoms with Gasteiger partial charge in [0, 0.05) is 11.5 Å². The first-order valence-corrected chi connectivity index (χ1v) is 5.90. The first-order chi connectivity index (χ1) is 8.08. The maximum Gasteiger partial charge on any atom is 0.170 e. The number of hydrogen-bond donors (Lipinski definition) is 1. The molecule has 0 amide bonds. The van der Waals surface area contributed by atoms with Crippen molar-refractivity contribution in [3.8, 4) is 5.75 Å². The van der Waals surface area contributed by atoms with Crippen molar-refractivity contribution in [2.24, 2.45) is 7.05 Å². The predicted octanol–water partition coefficient (Wildman–Crippen LogP) is 2.05. The third-order valence-corrected chi connectivity index (χ3v) is 3.00. The highest BCUT2D eigenvalue weighted by molar-refractivity contribution is 9.10. The van der Waals surface area contributed by atoms with Gasteiger partial charge in [-0.15, -0.1) is 10.2 Å². The lowest BCUT2D eigenvalue weighted by atomic mass is 10.3. The Morgan fingerprint density at radius 2 is 2.18 bits per heavy atom. The summed E-state index contributed by atoms with van der Waals surface area (Å²) in [5, 5.41) is 7.97. The van der Waals surface area contributed by atoms with Gasteiger partial charge in [-0.05, 0) is 25.1 Å². The van der Waals surface area contributed by atoms with Crippen molar-refractivity contribution < 1.29 is 4.74 Å². The monoisotopic (exact) mass is 296 g/mol. The van der Waals surface area contributed by atoms with Crippen LogP contribution in [0.3, 0.4) is 0 Å². The highest BCUT2D eigenvalue weighted by atomic mass is 79.9. The van der Waals surface area contributed by atoms with Crippen LogP contribution in [-0.2, 0) is 13.7 Å². The Morgan fingerprint density at radius 1 is 1.41 bits per heavy atom. The van der Waals surface area contributed by atoms with Crippen molar-refractivity contribution in [1.82, 2.24) is 14.8 Å². The number of aryl methyl sites for hydroxylation is 1. The quantitative estimate of drug-likeness (QED) is 0.881. The summed E-state index contributed by atoms with van der Waals surface area (Å²) in [6.07, 6.45) is 0. The van der Waals surface area contributed by atoms with Gasteiger partial charge in [-0.25, -0.2) is 0 Å². The fourth-order valence-corrected chi connectivity index (χ4v) is 1.75. The Labute approximate surface area is 108 Å². The van der Waals surface area contributed by atoms with Gasteiger partial charge < -0.3 is 15.0 Å². The van der Waals surface area contributed by atoms with Gasteiger partial charge in [0.25, 0.3) is 0 Å². The summed E-state index contributed by atoms with van der Waals surface area (Å²) in [5.74, 6) is 2.27. The van der Waals surface area contributed by atoms with E-state index in [2.05, 4.69) is 26.1 Å². The largest absolute Gasteiger partial charge is 0.483 e.